The van der Waals surface area contributed by atoms with Gasteiger partial charge in [-0.15, -0.1) is 0 Å². The molecule has 3 N–H and O–H groups in total. The quantitative estimate of drug-likeness (QED) is 0.600. The molecule has 1 unspecified atom stereocenters. The molecule has 1 saturated carbocycles. The van der Waals surface area contributed by atoms with Crippen molar-refractivity contribution in [2.45, 2.75) is 38.4 Å². The van der Waals surface area contributed by atoms with Gasteiger partial charge in [0.05, 0.1) is 12.2 Å². The Labute approximate surface area is 123 Å². The summed E-state index contributed by atoms with van der Waals surface area (Å²) in [6, 6.07) is -0.753. The van der Waals surface area contributed by atoms with Gasteiger partial charge in [0.2, 0.25) is 5.91 Å². The van der Waals surface area contributed by atoms with Gasteiger partial charge in [-0.25, -0.2) is 13.2 Å². The number of carboxylic acids is 1. The number of hydrogen-bond donors (Lipinski definition) is 3. The zero-order valence-corrected chi connectivity index (χ0v) is 12.8. The van der Waals surface area contributed by atoms with E-state index in [0.717, 1.165) is 0 Å². The van der Waals surface area contributed by atoms with Gasteiger partial charge in [0, 0.05) is 6.54 Å². The van der Waals surface area contributed by atoms with E-state index in [9.17, 15) is 22.8 Å². The molecule has 1 aliphatic carbocycles. The number of aliphatic carboxylic acids is 1. The lowest BCUT2D eigenvalue weighted by Gasteiger charge is -2.17. The third-order valence-electron chi connectivity index (χ3n) is 3.47. The van der Waals surface area contributed by atoms with Gasteiger partial charge in [-0.05, 0) is 32.1 Å². The summed E-state index contributed by atoms with van der Waals surface area (Å²) in [6.07, 6.45) is 0.809. The minimum Gasteiger partial charge on any atom is -0.481 e. The lowest BCUT2D eigenvalue weighted by molar-refractivity contribution is -0.138. The normalized spacial score (nSPS) is 17.6. The SMILES string of the molecule is CCNC(=O)NC(=O)C(C)S(=O)(=O)CC1(CC(=O)O)CC1. The second-order valence-corrected chi connectivity index (χ2v) is 7.69. The Balaban J connectivity index is 2.67. The Morgan fingerprint density at radius 1 is 1.29 bits per heavy atom. The van der Waals surface area contributed by atoms with E-state index in [-0.39, 0.29) is 12.2 Å². The molecule has 0 heterocycles. The summed E-state index contributed by atoms with van der Waals surface area (Å²) in [6.45, 7) is 3.16. The largest absolute Gasteiger partial charge is 0.481 e. The first kappa shape index (κ1) is 17.4. The molecule has 8 nitrogen and oxygen atoms in total. The molecule has 0 aromatic carbocycles. The fraction of sp³-hybridized carbons (Fsp3) is 0.750. The zero-order valence-electron chi connectivity index (χ0n) is 12.0. The molecule has 0 aromatic heterocycles. The molecule has 3 amide bonds. The van der Waals surface area contributed by atoms with E-state index in [2.05, 4.69) is 5.32 Å². The van der Waals surface area contributed by atoms with Crippen LogP contribution in [0, 0.1) is 5.41 Å². The monoisotopic (exact) mass is 320 g/mol. The smallest absolute Gasteiger partial charge is 0.321 e. The fourth-order valence-electron chi connectivity index (χ4n) is 2.00. The summed E-state index contributed by atoms with van der Waals surface area (Å²) >= 11 is 0. The van der Waals surface area contributed by atoms with Gasteiger partial charge in [-0.1, -0.05) is 0 Å². The van der Waals surface area contributed by atoms with Crippen LogP contribution in [0.4, 0.5) is 4.79 Å². The number of urea groups is 1. The highest BCUT2D eigenvalue weighted by Gasteiger charge is 2.49. The molecule has 0 bridgehead atoms. The average molecular weight is 320 g/mol. The predicted octanol–water partition coefficient (Wildman–Crippen LogP) is -0.110. The standard InChI is InChI=1S/C12H20N2O6S/c1-3-13-11(18)14-10(17)8(2)21(19,20)7-12(4-5-12)6-9(15)16/h8H,3-7H2,1-2H3,(H,15,16)(H2,13,14,17,18). The second-order valence-electron chi connectivity index (χ2n) is 5.37. The number of nitrogens with one attached hydrogen (secondary N) is 2. The van der Waals surface area contributed by atoms with Crippen LogP contribution in [0.3, 0.4) is 0 Å². The van der Waals surface area contributed by atoms with Crippen molar-refractivity contribution in [3.05, 3.63) is 0 Å². The van der Waals surface area contributed by atoms with E-state index in [0.29, 0.717) is 19.4 Å². The summed E-state index contributed by atoms with van der Waals surface area (Å²) < 4.78 is 24.3. The van der Waals surface area contributed by atoms with Crippen LogP contribution in [0.2, 0.25) is 0 Å². The predicted molar refractivity (Wildman–Crippen MR) is 74.4 cm³/mol. The van der Waals surface area contributed by atoms with Gasteiger partial charge >= 0.3 is 12.0 Å². The van der Waals surface area contributed by atoms with Gasteiger partial charge in [0.1, 0.15) is 5.25 Å². The lowest BCUT2D eigenvalue weighted by atomic mass is 10.1. The molecule has 1 atom stereocenters. The number of imide groups is 1. The maximum absolute atomic E-state index is 12.2. The van der Waals surface area contributed by atoms with Crippen molar-refractivity contribution < 1.29 is 27.9 Å². The molecule has 0 radical (unpaired) electrons. The Morgan fingerprint density at radius 2 is 1.86 bits per heavy atom. The van der Waals surface area contributed by atoms with Crippen molar-refractivity contribution in [1.29, 1.82) is 0 Å². The highest BCUT2D eigenvalue weighted by molar-refractivity contribution is 7.92. The lowest BCUT2D eigenvalue weighted by Crippen LogP contribution is -2.46. The second kappa shape index (κ2) is 6.42. The summed E-state index contributed by atoms with van der Waals surface area (Å²) in [4.78, 5) is 33.7. The molecule has 0 saturated heterocycles. The number of rotatable bonds is 7. The van der Waals surface area contributed by atoms with Gasteiger partial charge in [0.25, 0.3) is 0 Å². The maximum atomic E-state index is 12.2. The number of hydrogen-bond acceptors (Lipinski definition) is 5. The molecule has 0 spiro atoms. The zero-order chi connectivity index (χ0) is 16.3. The summed E-state index contributed by atoms with van der Waals surface area (Å²) in [5, 5.41) is 11.7. The number of amides is 3. The number of sulfone groups is 1. The van der Waals surface area contributed by atoms with Crippen LogP contribution in [0.15, 0.2) is 0 Å². The van der Waals surface area contributed by atoms with Crippen LogP contribution in [-0.2, 0) is 19.4 Å². The van der Waals surface area contributed by atoms with Crippen LogP contribution < -0.4 is 10.6 Å². The van der Waals surface area contributed by atoms with Crippen LogP contribution in [0.25, 0.3) is 0 Å². The van der Waals surface area contributed by atoms with E-state index in [4.69, 9.17) is 5.11 Å². The molecule has 0 aromatic rings. The van der Waals surface area contributed by atoms with E-state index in [1.807, 2.05) is 5.32 Å². The Bertz CT molecular complexity index is 538. The Hall–Kier alpha value is -1.64. The molecular formula is C12H20N2O6S. The Morgan fingerprint density at radius 3 is 2.29 bits per heavy atom. The molecule has 1 rings (SSSR count). The van der Waals surface area contributed by atoms with Gasteiger partial charge in [-0.3, -0.25) is 14.9 Å². The van der Waals surface area contributed by atoms with Crippen molar-refractivity contribution >= 4 is 27.7 Å². The van der Waals surface area contributed by atoms with Crippen molar-refractivity contribution in [3.8, 4) is 0 Å². The van der Waals surface area contributed by atoms with Crippen LogP contribution >= 0.6 is 0 Å². The molecule has 21 heavy (non-hydrogen) atoms. The minimum atomic E-state index is -3.82. The van der Waals surface area contributed by atoms with E-state index in [1.54, 1.807) is 6.92 Å². The fourth-order valence-corrected chi connectivity index (χ4v) is 3.88. The first-order valence-corrected chi connectivity index (χ1v) is 8.35. The summed E-state index contributed by atoms with van der Waals surface area (Å²) in [7, 11) is -3.82. The van der Waals surface area contributed by atoms with E-state index >= 15 is 0 Å². The molecule has 1 fully saturated rings. The van der Waals surface area contributed by atoms with Gasteiger partial charge < -0.3 is 10.4 Å². The van der Waals surface area contributed by atoms with Crippen LogP contribution in [0.5, 0.6) is 0 Å². The third kappa shape index (κ3) is 5.00. The average Bonchev–Trinajstić information content (AvgIpc) is 3.05. The van der Waals surface area contributed by atoms with Gasteiger partial charge in [-0.2, -0.15) is 0 Å². The van der Waals surface area contributed by atoms with Crippen LogP contribution in [0.1, 0.15) is 33.1 Å². The minimum absolute atomic E-state index is 0.225. The maximum Gasteiger partial charge on any atom is 0.321 e. The highest BCUT2D eigenvalue weighted by Crippen LogP contribution is 2.50. The summed E-state index contributed by atoms with van der Waals surface area (Å²) in [5.41, 5.74) is -0.759. The van der Waals surface area contributed by atoms with Gasteiger partial charge in [0.15, 0.2) is 9.84 Å². The topological polar surface area (TPSA) is 130 Å². The number of carboxylic acid groups (broad SMARTS) is 1. The first-order valence-electron chi connectivity index (χ1n) is 6.64. The van der Waals surface area contributed by atoms with Crippen molar-refractivity contribution in [2.75, 3.05) is 12.3 Å². The third-order valence-corrected chi connectivity index (χ3v) is 5.78. The summed E-state index contributed by atoms with van der Waals surface area (Å²) in [5.74, 6) is -2.31. The van der Waals surface area contributed by atoms with Crippen molar-refractivity contribution in [3.63, 3.8) is 0 Å². The molecular weight excluding hydrogens is 300 g/mol. The first-order chi connectivity index (χ1) is 9.62. The molecule has 1 aliphatic rings. The Kier molecular flexibility index (Phi) is 5.32. The number of carbonyl (C=O) groups is 3. The van der Waals surface area contributed by atoms with E-state index in [1.165, 1.54) is 6.92 Å². The van der Waals surface area contributed by atoms with Crippen molar-refractivity contribution in [1.82, 2.24) is 10.6 Å². The molecule has 0 aliphatic heterocycles. The molecule has 9 heteroatoms. The number of carbonyl (C=O) groups excluding carboxylic acids is 2. The molecule has 120 valence electrons. The van der Waals surface area contributed by atoms with Crippen LogP contribution in [-0.4, -0.2) is 49.0 Å². The highest BCUT2D eigenvalue weighted by atomic mass is 32.2. The van der Waals surface area contributed by atoms with Crippen molar-refractivity contribution in [2.24, 2.45) is 5.41 Å². The van der Waals surface area contributed by atoms with E-state index < -0.39 is 38.4 Å².